The number of nitrogens with one attached hydrogen (secondary N) is 1. The van der Waals surface area contributed by atoms with Crippen LogP contribution in [0.25, 0.3) is 0 Å². The average molecular weight is 393 g/mol. The summed E-state index contributed by atoms with van der Waals surface area (Å²) in [6.07, 6.45) is 0. The second kappa shape index (κ2) is 10.0. The minimum Gasteiger partial charge on any atom is -0.494 e. The van der Waals surface area contributed by atoms with Crippen molar-refractivity contribution in [1.29, 1.82) is 0 Å². The zero-order chi connectivity index (χ0) is 19.8. The number of ether oxygens (including phenoxy) is 3. The zero-order valence-electron chi connectivity index (χ0n) is 15.8. The minimum absolute atomic E-state index is 0.112. The van der Waals surface area contributed by atoms with Crippen LogP contribution >= 0.6 is 11.6 Å². The van der Waals surface area contributed by atoms with Gasteiger partial charge in [-0.15, -0.1) is 0 Å². The van der Waals surface area contributed by atoms with E-state index in [0.29, 0.717) is 29.7 Å². The third-order valence-corrected chi connectivity index (χ3v) is 4.21. The van der Waals surface area contributed by atoms with E-state index in [2.05, 4.69) is 18.3 Å². The summed E-state index contributed by atoms with van der Waals surface area (Å²) in [5.74, 6) is 1.03. The normalized spacial score (nSPS) is 11.7. The van der Waals surface area contributed by atoms with E-state index >= 15 is 0 Å². The maximum Gasteiger partial charge on any atom is 0.255 e. The Morgan fingerprint density at radius 3 is 2.70 bits per heavy atom. The molecule has 146 valence electrons. The van der Waals surface area contributed by atoms with Crippen LogP contribution in [0.1, 0.15) is 31.0 Å². The summed E-state index contributed by atoms with van der Waals surface area (Å²) in [5.41, 5.74) is 7.16. The highest BCUT2D eigenvalue weighted by Gasteiger charge is 2.14. The number of hydrogen-bond donors (Lipinski definition) is 2. The van der Waals surface area contributed by atoms with E-state index in [0.717, 1.165) is 16.9 Å². The second-order valence-electron chi connectivity index (χ2n) is 5.97. The zero-order valence-corrected chi connectivity index (χ0v) is 16.5. The monoisotopic (exact) mass is 392 g/mol. The summed E-state index contributed by atoms with van der Waals surface area (Å²) in [7, 11) is 1.52. The largest absolute Gasteiger partial charge is 0.494 e. The standard InChI is InChI=1S/C20H25ClN2O4/c1-4-26-16-7-5-6-15(10-16)13(2)23-11-14-8-17(21)20(18(9-14)25-3)27-12-19(22)24/h5-10,13,23H,4,11-12H2,1-3H3,(H2,22,24). The van der Waals surface area contributed by atoms with Gasteiger partial charge in [0.05, 0.1) is 18.7 Å². The molecule has 1 unspecified atom stereocenters. The molecule has 6 nitrogen and oxygen atoms in total. The van der Waals surface area contributed by atoms with Crippen LogP contribution < -0.4 is 25.3 Å². The number of carbonyl (C=O) groups is 1. The first-order valence-corrected chi connectivity index (χ1v) is 9.06. The van der Waals surface area contributed by atoms with Gasteiger partial charge in [-0.1, -0.05) is 23.7 Å². The first-order valence-electron chi connectivity index (χ1n) is 8.68. The van der Waals surface area contributed by atoms with Gasteiger partial charge >= 0.3 is 0 Å². The van der Waals surface area contributed by atoms with Gasteiger partial charge in [0.1, 0.15) is 5.75 Å². The van der Waals surface area contributed by atoms with Gasteiger partial charge in [0.15, 0.2) is 18.1 Å². The highest BCUT2D eigenvalue weighted by Crippen LogP contribution is 2.36. The van der Waals surface area contributed by atoms with Crippen LogP contribution in [-0.2, 0) is 11.3 Å². The van der Waals surface area contributed by atoms with Crippen molar-refractivity contribution in [3.8, 4) is 17.2 Å². The number of halogens is 1. The number of nitrogens with two attached hydrogens (primary N) is 1. The molecule has 0 aliphatic carbocycles. The molecule has 0 aliphatic heterocycles. The Morgan fingerprint density at radius 2 is 2.04 bits per heavy atom. The summed E-state index contributed by atoms with van der Waals surface area (Å²) in [6, 6.07) is 11.7. The molecule has 7 heteroatoms. The van der Waals surface area contributed by atoms with E-state index in [1.165, 1.54) is 7.11 Å². The maximum absolute atomic E-state index is 10.9. The van der Waals surface area contributed by atoms with Crippen molar-refractivity contribution >= 4 is 17.5 Å². The average Bonchev–Trinajstić information content (AvgIpc) is 2.65. The molecule has 27 heavy (non-hydrogen) atoms. The lowest BCUT2D eigenvalue weighted by Crippen LogP contribution is -2.20. The Kier molecular flexibility index (Phi) is 7.76. The third-order valence-electron chi connectivity index (χ3n) is 3.93. The predicted octanol–water partition coefficient (Wildman–Crippen LogP) is 3.46. The Labute approximate surface area is 164 Å². The van der Waals surface area contributed by atoms with E-state index in [-0.39, 0.29) is 12.6 Å². The molecule has 0 aromatic heterocycles. The van der Waals surface area contributed by atoms with Crippen LogP contribution in [0.4, 0.5) is 0 Å². The topological polar surface area (TPSA) is 82.8 Å². The Morgan fingerprint density at radius 1 is 1.26 bits per heavy atom. The lowest BCUT2D eigenvalue weighted by atomic mass is 10.1. The quantitative estimate of drug-likeness (QED) is 0.647. The lowest BCUT2D eigenvalue weighted by Gasteiger charge is -2.17. The van der Waals surface area contributed by atoms with Crippen LogP contribution in [0.5, 0.6) is 17.2 Å². The molecule has 2 aromatic carbocycles. The van der Waals surface area contributed by atoms with Crippen molar-refractivity contribution in [3.05, 3.63) is 52.5 Å². The van der Waals surface area contributed by atoms with E-state index in [4.69, 9.17) is 31.5 Å². The van der Waals surface area contributed by atoms with Crippen LogP contribution in [0.15, 0.2) is 36.4 Å². The highest BCUT2D eigenvalue weighted by molar-refractivity contribution is 6.32. The first kappa shape index (κ1) is 20.9. The molecule has 0 fully saturated rings. The summed E-state index contributed by atoms with van der Waals surface area (Å²) in [4.78, 5) is 10.9. The fourth-order valence-electron chi connectivity index (χ4n) is 2.59. The van der Waals surface area contributed by atoms with Crippen LogP contribution in [0, 0.1) is 0 Å². The van der Waals surface area contributed by atoms with Crippen molar-refractivity contribution in [1.82, 2.24) is 5.32 Å². The van der Waals surface area contributed by atoms with Gasteiger partial charge in [0.25, 0.3) is 5.91 Å². The Bertz CT molecular complexity index is 783. The van der Waals surface area contributed by atoms with Gasteiger partial charge in [-0.2, -0.15) is 0 Å². The van der Waals surface area contributed by atoms with E-state index < -0.39 is 5.91 Å². The Balaban J connectivity index is 2.07. The Hall–Kier alpha value is -2.44. The molecule has 1 atom stereocenters. The van der Waals surface area contributed by atoms with E-state index in [1.807, 2.05) is 31.2 Å². The molecule has 3 N–H and O–H groups in total. The number of hydrogen-bond acceptors (Lipinski definition) is 5. The second-order valence-corrected chi connectivity index (χ2v) is 6.38. The molecule has 2 aromatic rings. The van der Waals surface area contributed by atoms with E-state index in [9.17, 15) is 4.79 Å². The molecule has 2 rings (SSSR count). The van der Waals surface area contributed by atoms with Crippen LogP contribution in [-0.4, -0.2) is 26.2 Å². The van der Waals surface area contributed by atoms with Crippen LogP contribution in [0.2, 0.25) is 5.02 Å². The fourth-order valence-corrected chi connectivity index (χ4v) is 2.88. The molecule has 0 saturated heterocycles. The third kappa shape index (κ3) is 6.05. The van der Waals surface area contributed by atoms with Crippen molar-refractivity contribution < 1.29 is 19.0 Å². The fraction of sp³-hybridized carbons (Fsp3) is 0.350. The van der Waals surface area contributed by atoms with Gasteiger partial charge in [0.2, 0.25) is 0 Å². The molecule has 0 aliphatic rings. The first-order chi connectivity index (χ1) is 12.9. The van der Waals surface area contributed by atoms with Crippen LogP contribution in [0.3, 0.4) is 0 Å². The van der Waals surface area contributed by atoms with Crippen molar-refractivity contribution in [2.24, 2.45) is 5.73 Å². The number of benzene rings is 2. The van der Waals surface area contributed by atoms with Gasteiger partial charge in [-0.3, -0.25) is 4.79 Å². The minimum atomic E-state index is -0.582. The SMILES string of the molecule is CCOc1cccc(C(C)NCc2cc(Cl)c(OCC(N)=O)c(OC)c2)c1. The molecule has 0 bridgehead atoms. The highest BCUT2D eigenvalue weighted by atomic mass is 35.5. The molecule has 1 amide bonds. The molecular formula is C20H25ClN2O4. The number of rotatable bonds is 10. The van der Waals surface area contributed by atoms with E-state index in [1.54, 1.807) is 6.07 Å². The van der Waals surface area contributed by atoms with Gasteiger partial charge in [0, 0.05) is 12.6 Å². The maximum atomic E-state index is 10.9. The number of primary amides is 1. The predicted molar refractivity (Wildman–Crippen MR) is 106 cm³/mol. The van der Waals surface area contributed by atoms with Crippen molar-refractivity contribution in [2.45, 2.75) is 26.4 Å². The van der Waals surface area contributed by atoms with Crippen molar-refractivity contribution in [3.63, 3.8) is 0 Å². The van der Waals surface area contributed by atoms with Gasteiger partial charge in [-0.25, -0.2) is 0 Å². The molecule has 0 spiro atoms. The number of carbonyl (C=O) groups excluding carboxylic acids is 1. The smallest absolute Gasteiger partial charge is 0.255 e. The number of amides is 1. The molecule has 0 heterocycles. The van der Waals surface area contributed by atoms with Crippen molar-refractivity contribution in [2.75, 3.05) is 20.3 Å². The molecular weight excluding hydrogens is 368 g/mol. The molecule has 0 saturated carbocycles. The summed E-state index contributed by atoms with van der Waals surface area (Å²) < 4.78 is 16.2. The lowest BCUT2D eigenvalue weighted by molar-refractivity contribution is -0.119. The van der Waals surface area contributed by atoms with Gasteiger partial charge in [-0.05, 0) is 49.2 Å². The molecule has 0 radical (unpaired) electrons. The van der Waals surface area contributed by atoms with Gasteiger partial charge < -0.3 is 25.3 Å². The summed E-state index contributed by atoms with van der Waals surface area (Å²) in [6.45, 7) is 4.98. The number of methoxy groups -OCH3 is 1. The summed E-state index contributed by atoms with van der Waals surface area (Å²) in [5, 5.41) is 3.81. The summed E-state index contributed by atoms with van der Waals surface area (Å²) >= 11 is 6.28.